The molecule has 5 heteroatoms. The summed E-state index contributed by atoms with van der Waals surface area (Å²) in [4.78, 5) is 18.3. The molecule has 0 aliphatic carbocycles. The van der Waals surface area contributed by atoms with E-state index in [0.717, 1.165) is 38.4 Å². The van der Waals surface area contributed by atoms with Gasteiger partial charge in [-0.05, 0) is 19.8 Å². The molecule has 1 fully saturated rings. The average Bonchev–Trinajstić information content (AvgIpc) is 2.63. The number of nitrogens with one attached hydrogen (secondary N) is 2. The van der Waals surface area contributed by atoms with Gasteiger partial charge in [0.25, 0.3) is 0 Å². The standard InChI is InChI=1S/C13H24N4O/c1-11-10-15-13(16-11)14-7-6-12(18)17-8-4-2-3-5-9-17/h11H,2-10H2,1H3,(H2,14,15,16). The first-order chi connectivity index (χ1) is 8.75. The number of likely N-dealkylation sites (tertiary alicyclic amines) is 1. The van der Waals surface area contributed by atoms with E-state index in [2.05, 4.69) is 22.5 Å². The van der Waals surface area contributed by atoms with Crippen LogP contribution in [0, 0.1) is 0 Å². The summed E-state index contributed by atoms with van der Waals surface area (Å²) >= 11 is 0. The first-order valence-electron chi connectivity index (χ1n) is 7.08. The van der Waals surface area contributed by atoms with E-state index in [9.17, 15) is 4.79 Å². The van der Waals surface area contributed by atoms with Gasteiger partial charge in [0.05, 0.1) is 6.54 Å². The Kier molecular flexibility index (Phi) is 4.84. The van der Waals surface area contributed by atoms with Crippen LogP contribution >= 0.6 is 0 Å². The first kappa shape index (κ1) is 13.2. The zero-order chi connectivity index (χ0) is 12.8. The van der Waals surface area contributed by atoms with Crippen LogP contribution in [0.5, 0.6) is 0 Å². The van der Waals surface area contributed by atoms with Gasteiger partial charge >= 0.3 is 0 Å². The van der Waals surface area contributed by atoms with Crippen molar-refractivity contribution in [2.75, 3.05) is 26.2 Å². The van der Waals surface area contributed by atoms with E-state index in [1.54, 1.807) is 0 Å². The molecule has 2 aliphatic rings. The van der Waals surface area contributed by atoms with Crippen molar-refractivity contribution >= 4 is 11.9 Å². The van der Waals surface area contributed by atoms with E-state index >= 15 is 0 Å². The van der Waals surface area contributed by atoms with Crippen molar-refractivity contribution in [2.45, 2.75) is 45.1 Å². The van der Waals surface area contributed by atoms with Crippen LogP contribution in [0.3, 0.4) is 0 Å². The van der Waals surface area contributed by atoms with Gasteiger partial charge in [-0.15, -0.1) is 0 Å². The van der Waals surface area contributed by atoms with Gasteiger partial charge < -0.3 is 15.5 Å². The van der Waals surface area contributed by atoms with E-state index in [1.807, 2.05) is 4.90 Å². The molecule has 1 atom stereocenters. The van der Waals surface area contributed by atoms with Gasteiger partial charge in [0.2, 0.25) is 5.91 Å². The molecular weight excluding hydrogens is 228 g/mol. The van der Waals surface area contributed by atoms with Crippen LogP contribution in [0.4, 0.5) is 0 Å². The molecule has 1 unspecified atom stereocenters. The van der Waals surface area contributed by atoms with Crippen LogP contribution in [0.2, 0.25) is 0 Å². The lowest BCUT2D eigenvalue weighted by Gasteiger charge is -2.20. The molecule has 2 N–H and O–H groups in total. The molecule has 0 spiro atoms. The van der Waals surface area contributed by atoms with Crippen molar-refractivity contribution in [3.63, 3.8) is 0 Å². The number of hydrogen-bond acceptors (Lipinski definition) is 4. The largest absolute Gasteiger partial charge is 0.356 e. The van der Waals surface area contributed by atoms with Crippen molar-refractivity contribution in [2.24, 2.45) is 4.99 Å². The maximum absolute atomic E-state index is 12.0. The van der Waals surface area contributed by atoms with Crippen LogP contribution in [0.1, 0.15) is 39.0 Å². The Balaban J connectivity index is 1.65. The minimum Gasteiger partial charge on any atom is -0.356 e. The minimum atomic E-state index is 0.274. The molecular formula is C13H24N4O. The second-order valence-electron chi connectivity index (χ2n) is 5.21. The molecule has 0 radical (unpaired) electrons. The van der Waals surface area contributed by atoms with E-state index < -0.39 is 0 Å². The second-order valence-corrected chi connectivity index (χ2v) is 5.21. The monoisotopic (exact) mass is 252 g/mol. The molecule has 2 heterocycles. The fourth-order valence-electron chi connectivity index (χ4n) is 2.43. The lowest BCUT2D eigenvalue weighted by Crippen LogP contribution is -2.40. The highest BCUT2D eigenvalue weighted by molar-refractivity contribution is 5.82. The summed E-state index contributed by atoms with van der Waals surface area (Å²) < 4.78 is 0. The summed E-state index contributed by atoms with van der Waals surface area (Å²) in [6.07, 6.45) is 5.41. The van der Waals surface area contributed by atoms with Crippen molar-refractivity contribution in [1.82, 2.24) is 15.5 Å². The maximum atomic E-state index is 12.0. The maximum Gasteiger partial charge on any atom is 0.224 e. The molecule has 1 amide bonds. The highest BCUT2D eigenvalue weighted by Crippen LogP contribution is 2.10. The van der Waals surface area contributed by atoms with E-state index in [0.29, 0.717) is 19.0 Å². The third kappa shape index (κ3) is 3.89. The molecule has 0 saturated carbocycles. The number of rotatable bonds is 3. The van der Waals surface area contributed by atoms with Crippen LogP contribution in [0.15, 0.2) is 4.99 Å². The molecule has 18 heavy (non-hydrogen) atoms. The Bertz CT molecular complexity index is 308. The van der Waals surface area contributed by atoms with Crippen LogP contribution in [-0.4, -0.2) is 49.0 Å². The van der Waals surface area contributed by atoms with Gasteiger partial charge in [-0.1, -0.05) is 12.8 Å². The molecule has 2 rings (SSSR count). The van der Waals surface area contributed by atoms with Crippen molar-refractivity contribution in [3.8, 4) is 0 Å². The SMILES string of the molecule is CC1CN=C(NCCC(=O)N2CCCCCC2)N1. The summed E-state index contributed by atoms with van der Waals surface area (Å²) in [6, 6.07) is 0.411. The summed E-state index contributed by atoms with van der Waals surface area (Å²) in [5.74, 6) is 1.11. The molecule has 0 aromatic rings. The average molecular weight is 252 g/mol. The van der Waals surface area contributed by atoms with Gasteiger partial charge in [-0.3, -0.25) is 9.79 Å². The number of aliphatic imine (C=N–C) groups is 1. The Morgan fingerprint density at radius 3 is 2.72 bits per heavy atom. The summed E-state index contributed by atoms with van der Waals surface area (Å²) in [6.45, 7) is 5.47. The van der Waals surface area contributed by atoms with Crippen molar-refractivity contribution < 1.29 is 4.79 Å². The molecule has 1 saturated heterocycles. The minimum absolute atomic E-state index is 0.274. The number of amides is 1. The summed E-state index contributed by atoms with van der Waals surface area (Å²) in [5, 5.41) is 6.42. The van der Waals surface area contributed by atoms with Crippen molar-refractivity contribution in [3.05, 3.63) is 0 Å². The zero-order valence-electron chi connectivity index (χ0n) is 11.2. The molecule has 102 valence electrons. The van der Waals surface area contributed by atoms with Gasteiger partial charge in [0.1, 0.15) is 0 Å². The van der Waals surface area contributed by atoms with Crippen LogP contribution < -0.4 is 10.6 Å². The van der Waals surface area contributed by atoms with Gasteiger partial charge in [-0.25, -0.2) is 0 Å². The number of carbonyl (C=O) groups is 1. The third-order valence-corrected chi connectivity index (χ3v) is 3.50. The summed E-state index contributed by atoms with van der Waals surface area (Å²) in [7, 11) is 0. The van der Waals surface area contributed by atoms with Gasteiger partial charge in [0, 0.05) is 32.1 Å². The second kappa shape index (κ2) is 6.61. The third-order valence-electron chi connectivity index (χ3n) is 3.50. The van der Waals surface area contributed by atoms with E-state index in [4.69, 9.17) is 0 Å². The number of guanidine groups is 1. The Morgan fingerprint density at radius 2 is 2.11 bits per heavy atom. The lowest BCUT2D eigenvalue weighted by molar-refractivity contribution is -0.130. The Hall–Kier alpha value is -1.26. The molecule has 2 aliphatic heterocycles. The zero-order valence-corrected chi connectivity index (χ0v) is 11.2. The van der Waals surface area contributed by atoms with Crippen LogP contribution in [-0.2, 0) is 4.79 Å². The number of nitrogens with zero attached hydrogens (tertiary/aromatic N) is 2. The normalized spacial score (nSPS) is 24.2. The predicted octanol–water partition coefficient (Wildman–Crippen LogP) is 0.716. The molecule has 0 aromatic carbocycles. The van der Waals surface area contributed by atoms with E-state index in [-0.39, 0.29) is 5.91 Å². The fraction of sp³-hybridized carbons (Fsp3) is 0.846. The fourth-order valence-corrected chi connectivity index (χ4v) is 2.43. The highest BCUT2D eigenvalue weighted by atomic mass is 16.2. The summed E-state index contributed by atoms with van der Waals surface area (Å²) in [5.41, 5.74) is 0. The van der Waals surface area contributed by atoms with E-state index in [1.165, 1.54) is 12.8 Å². The van der Waals surface area contributed by atoms with Gasteiger partial charge in [0.15, 0.2) is 5.96 Å². The first-order valence-corrected chi connectivity index (χ1v) is 7.08. The molecule has 0 bridgehead atoms. The molecule has 5 nitrogen and oxygen atoms in total. The van der Waals surface area contributed by atoms with Crippen molar-refractivity contribution in [1.29, 1.82) is 0 Å². The number of carbonyl (C=O) groups excluding carboxylic acids is 1. The Labute approximate surface area is 109 Å². The highest BCUT2D eigenvalue weighted by Gasteiger charge is 2.16. The van der Waals surface area contributed by atoms with Gasteiger partial charge in [-0.2, -0.15) is 0 Å². The quantitative estimate of drug-likeness (QED) is 0.778. The molecule has 0 aromatic heterocycles. The topological polar surface area (TPSA) is 56.7 Å². The predicted molar refractivity (Wildman–Crippen MR) is 72.6 cm³/mol. The Morgan fingerprint density at radius 1 is 1.39 bits per heavy atom. The lowest BCUT2D eigenvalue weighted by atomic mass is 10.2. The smallest absolute Gasteiger partial charge is 0.224 e. The number of hydrogen-bond donors (Lipinski definition) is 2. The van der Waals surface area contributed by atoms with Crippen LogP contribution in [0.25, 0.3) is 0 Å².